The summed E-state index contributed by atoms with van der Waals surface area (Å²) in [4.78, 5) is 6.19. The Hall–Kier alpha value is -5.90. The average molecular weight is 617 g/mol. The lowest BCUT2D eigenvalue weighted by molar-refractivity contribution is 1.30. The fourth-order valence-corrected chi connectivity index (χ4v) is 8.35. The Morgan fingerprint density at radius 2 is 1.02 bits per heavy atom. The van der Waals surface area contributed by atoms with Crippen molar-refractivity contribution in [3.05, 3.63) is 164 Å². The number of anilines is 3. The molecule has 0 saturated heterocycles. The Balaban J connectivity index is 1.16. The van der Waals surface area contributed by atoms with Gasteiger partial charge in [-0.05, 0) is 87.8 Å². The minimum Gasteiger partial charge on any atom is -0.354 e. The summed E-state index contributed by atoms with van der Waals surface area (Å²) >= 11 is 1.86. The maximum absolute atomic E-state index is 3.80. The highest BCUT2D eigenvalue weighted by molar-refractivity contribution is 7.25. The number of para-hydroxylation sites is 1. The maximum atomic E-state index is 3.80. The van der Waals surface area contributed by atoms with E-state index >= 15 is 0 Å². The van der Waals surface area contributed by atoms with E-state index in [1.165, 1.54) is 69.1 Å². The lowest BCUT2D eigenvalue weighted by Crippen LogP contribution is -2.09. The molecule has 0 aliphatic rings. The lowest BCUT2D eigenvalue weighted by atomic mass is 10.00. The normalized spacial score (nSPS) is 11.8. The molecule has 3 heteroatoms. The number of nitrogens with one attached hydrogen (secondary N) is 1. The molecule has 0 radical (unpaired) electrons. The van der Waals surface area contributed by atoms with Crippen molar-refractivity contribution < 1.29 is 0 Å². The third-order valence-corrected chi connectivity index (χ3v) is 10.7. The molecule has 47 heavy (non-hydrogen) atoms. The SMILES string of the molecule is c1ccc2cc(N(c3ccc4ccccc4c3)c3ccc4[nH]c5c(-c6ccc7sc8ccccc8c7c6)cccc5c4c3)ccc2c1. The summed E-state index contributed by atoms with van der Waals surface area (Å²) in [6.07, 6.45) is 0. The third kappa shape index (κ3) is 4.25. The molecule has 0 aliphatic heterocycles. The molecular weight excluding hydrogens is 589 g/mol. The van der Waals surface area contributed by atoms with E-state index in [2.05, 4.69) is 174 Å². The van der Waals surface area contributed by atoms with Crippen molar-refractivity contribution in [2.24, 2.45) is 0 Å². The first-order valence-corrected chi connectivity index (χ1v) is 16.8. The number of hydrogen-bond acceptors (Lipinski definition) is 2. The van der Waals surface area contributed by atoms with E-state index in [0.717, 1.165) is 22.6 Å². The van der Waals surface area contributed by atoms with Crippen LogP contribution in [0.2, 0.25) is 0 Å². The van der Waals surface area contributed by atoms with E-state index in [4.69, 9.17) is 0 Å². The van der Waals surface area contributed by atoms with Gasteiger partial charge in [-0.1, -0.05) is 103 Å². The van der Waals surface area contributed by atoms with Gasteiger partial charge in [-0.3, -0.25) is 0 Å². The van der Waals surface area contributed by atoms with Crippen LogP contribution in [0.1, 0.15) is 0 Å². The Kier molecular flexibility index (Phi) is 5.78. The average Bonchev–Trinajstić information content (AvgIpc) is 3.69. The fourth-order valence-electron chi connectivity index (χ4n) is 7.26. The molecule has 0 aliphatic carbocycles. The van der Waals surface area contributed by atoms with Crippen LogP contribution < -0.4 is 4.90 Å². The lowest BCUT2D eigenvalue weighted by Gasteiger charge is -2.26. The van der Waals surface area contributed by atoms with Gasteiger partial charge in [-0.25, -0.2) is 0 Å². The minimum absolute atomic E-state index is 1.13. The van der Waals surface area contributed by atoms with E-state index in [1.807, 2.05) is 11.3 Å². The molecule has 0 saturated carbocycles. The molecule has 0 atom stereocenters. The van der Waals surface area contributed by atoms with Gasteiger partial charge in [-0.15, -0.1) is 11.3 Å². The van der Waals surface area contributed by atoms with Crippen molar-refractivity contribution in [1.29, 1.82) is 0 Å². The largest absolute Gasteiger partial charge is 0.354 e. The highest BCUT2D eigenvalue weighted by atomic mass is 32.1. The number of benzene rings is 8. The Bertz CT molecular complexity index is 2740. The van der Waals surface area contributed by atoms with Crippen molar-refractivity contribution >= 4 is 91.9 Å². The summed E-state index contributed by atoms with van der Waals surface area (Å²) < 4.78 is 2.66. The molecule has 2 aromatic heterocycles. The third-order valence-electron chi connectivity index (χ3n) is 9.55. The molecule has 0 spiro atoms. The molecule has 220 valence electrons. The standard InChI is InChI=1S/C44H28N2S/c1-3-10-30-24-33(19-16-28(30)8-1)46(34-20-17-29-9-2-4-11-31(29)25-34)35-21-22-41-39(27-35)38-14-7-13-36(44(38)45-41)32-18-23-43-40(26-32)37-12-5-6-15-42(37)47-43/h1-27,45H. The predicted octanol–water partition coefficient (Wildman–Crippen LogP) is 13.1. The maximum Gasteiger partial charge on any atom is 0.0544 e. The summed E-state index contributed by atoms with van der Waals surface area (Å²) in [7, 11) is 0. The van der Waals surface area contributed by atoms with E-state index in [9.17, 15) is 0 Å². The van der Waals surface area contributed by atoms with Gasteiger partial charge in [0.2, 0.25) is 0 Å². The van der Waals surface area contributed by atoms with Gasteiger partial charge < -0.3 is 9.88 Å². The monoisotopic (exact) mass is 616 g/mol. The first-order chi connectivity index (χ1) is 23.3. The van der Waals surface area contributed by atoms with E-state index < -0.39 is 0 Å². The number of rotatable bonds is 4. The zero-order chi connectivity index (χ0) is 30.9. The molecule has 10 aromatic rings. The van der Waals surface area contributed by atoms with Gasteiger partial charge in [0, 0.05) is 59.1 Å². The Morgan fingerprint density at radius 1 is 0.404 bits per heavy atom. The van der Waals surface area contributed by atoms with Crippen LogP contribution in [-0.4, -0.2) is 4.98 Å². The second-order valence-electron chi connectivity index (χ2n) is 12.3. The second-order valence-corrected chi connectivity index (χ2v) is 13.4. The number of aromatic amines is 1. The second kappa shape index (κ2) is 10.3. The first kappa shape index (κ1) is 26.3. The van der Waals surface area contributed by atoms with Gasteiger partial charge in [-0.2, -0.15) is 0 Å². The molecule has 10 rings (SSSR count). The van der Waals surface area contributed by atoms with Crippen LogP contribution >= 0.6 is 11.3 Å². The summed E-state index contributed by atoms with van der Waals surface area (Å²) in [6, 6.07) is 59.8. The molecule has 0 bridgehead atoms. The molecule has 2 nitrogen and oxygen atoms in total. The number of hydrogen-bond donors (Lipinski definition) is 1. The zero-order valence-corrected chi connectivity index (χ0v) is 26.3. The molecule has 0 fully saturated rings. The molecule has 0 unspecified atom stereocenters. The minimum atomic E-state index is 1.13. The summed E-state index contributed by atoms with van der Waals surface area (Å²) in [5, 5.41) is 10.0. The Morgan fingerprint density at radius 3 is 1.79 bits per heavy atom. The number of nitrogens with zero attached hydrogens (tertiary/aromatic N) is 1. The van der Waals surface area contributed by atoms with Crippen molar-refractivity contribution in [2.75, 3.05) is 4.90 Å². The van der Waals surface area contributed by atoms with E-state index in [0.29, 0.717) is 0 Å². The van der Waals surface area contributed by atoms with Crippen LogP contribution in [0.15, 0.2) is 164 Å². The van der Waals surface area contributed by atoms with Crippen molar-refractivity contribution in [3.63, 3.8) is 0 Å². The topological polar surface area (TPSA) is 19.0 Å². The van der Waals surface area contributed by atoms with Gasteiger partial charge in [0.15, 0.2) is 0 Å². The van der Waals surface area contributed by atoms with Crippen molar-refractivity contribution in [1.82, 2.24) is 4.98 Å². The number of fused-ring (bicyclic) bond motifs is 8. The van der Waals surface area contributed by atoms with Gasteiger partial charge in [0.05, 0.1) is 5.52 Å². The Labute approximate surface area is 275 Å². The van der Waals surface area contributed by atoms with Gasteiger partial charge >= 0.3 is 0 Å². The number of aromatic nitrogens is 1. The van der Waals surface area contributed by atoms with Crippen LogP contribution in [0, 0.1) is 0 Å². The number of H-pyrrole nitrogens is 1. The smallest absolute Gasteiger partial charge is 0.0544 e. The van der Waals surface area contributed by atoms with Gasteiger partial charge in [0.25, 0.3) is 0 Å². The van der Waals surface area contributed by atoms with Crippen molar-refractivity contribution in [2.45, 2.75) is 0 Å². The fraction of sp³-hybridized carbons (Fsp3) is 0. The summed E-state index contributed by atoms with van der Waals surface area (Å²) in [5.41, 5.74) is 8.15. The molecular formula is C44H28N2S. The van der Waals surface area contributed by atoms with Gasteiger partial charge in [0.1, 0.15) is 0 Å². The van der Waals surface area contributed by atoms with E-state index in [-0.39, 0.29) is 0 Å². The molecule has 1 N–H and O–H groups in total. The summed E-state index contributed by atoms with van der Waals surface area (Å²) in [5.74, 6) is 0. The van der Waals surface area contributed by atoms with Crippen LogP contribution in [0.4, 0.5) is 17.1 Å². The number of thiophene rings is 1. The van der Waals surface area contributed by atoms with Crippen LogP contribution in [0.3, 0.4) is 0 Å². The quantitative estimate of drug-likeness (QED) is 0.208. The molecule has 0 amide bonds. The van der Waals surface area contributed by atoms with Crippen LogP contribution in [0.5, 0.6) is 0 Å². The predicted molar refractivity (Wildman–Crippen MR) is 204 cm³/mol. The van der Waals surface area contributed by atoms with E-state index in [1.54, 1.807) is 0 Å². The van der Waals surface area contributed by atoms with Crippen molar-refractivity contribution in [3.8, 4) is 11.1 Å². The molecule has 8 aromatic carbocycles. The zero-order valence-electron chi connectivity index (χ0n) is 25.4. The summed E-state index contributed by atoms with van der Waals surface area (Å²) in [6.45, 7) is 0. The highest BCUT2D eigenvalue weighted by Crippen LogP contribution is 2.42. The highest BCUT2D eigenvalue weighted by Gasteiger charge is 2.17. The first-order valence-electron chi connectivity index (χ1n) is 16.0. The van der Waals surface area contributed by atoms with Crippen LogP contribution in [-0.2, 0) is 0 Å². The van der Waals surface area contributed by atoms with Crippen LogP contribution in [0.25, 0.3) is 74.6 Å². The molecule has 2 heterocycles.